The molecule has 1 aliphatic rings. The minimum Gasteiger partial charge on any atom is -0.490 e. The lowest BCUT2D eigenvalue weighted by atomic mass is 10.2. The fourth-order valence-corrected chi connectivity index (χ4v) is 3.45. The Bertz CT molecular complexity index is 846. The summed E-state index contributed by atoms with van der Waals surface area (Å²) in [4.78, 5) is 27.0. The lowest BCUT2D eigenvalue weighted by molar-refractivity contribution is 0.0998. The van der Waals surface area contributed by atoms with Crippen LogP contribution < -0.4 is 15.4 Å². The van der Waals surface area contributed by atoms with E-state index in [-0.39, 0.29) is 11.9 Å². The Labute approximate surface area is 183 Å². The van der Waals surface area contributed by atoms with Crippen LogP contribution in [-0.4, -0.2) is 49.7 Å². The van der Waals surface area contributed by atoms with Gasteiger partial charge in [0.1, 0.15) is 12.4 Å². The predicted molar refractivity (Wildman–Crippen MR) is 122 cm³/mol. The van der Waals surface area contributed by atoms with E-state index in [0.29, 0.717) is 42.5 Å². The van der Waals surface area contributed by atoms with Gasteiger partial charge in [0.25, 0.3) is 5.91 Å². The van der Waals surface area contributed by atoms with E-state index in [4.69, 9.17) is 9.47 Å². The Balaban J connectivity index is 1.56. The van der Waals surface area contributed by atoms with Crippen molar-refractivity contribution in [2.45, 2.75) is 32.6 Å². The van der Waals surface area contributed by atoms with Crippen molar-refractivity contribution in [3.8, 4) is 5.75 Å². The summed E-state index contributed by atoms with van der Waals surface area (Å²) in [5.74, 6) is 0.259. The number of benzene rings is 2. The fourth-order valence-electron chi connectivity index (χ4n) is 3.45. The molecule has 1 fully saturated rings. The van der Waals surface area contributed by atoms with Crippen LogP contribution in [0.1, 0.15) is 43.0 Å². The van der Waals surface area contributed by atoms with Crippen LogP contribution in [0.2, 0.25) is 0 Å². The van der Waals surface area contributed by atoms with Gasteiger partial charge in [0.2, 0.25) is 0 Å². The van der Waals surface area contributed by atoms with Crippen molar-refractivity contribution in [1.29, 1.82) is 0 Å². The molecule has 0 saturated carbocycles. The Morgan fingerprint density at radius 3 is 2.19 bits per heavy atom. The van der Waals surface area contributed by atoms with E-state index in [0.717, 1.165) is 25.9 Å². The molecular weight excluding hydrogens is 394 g/mol. The maximum atomic E-state index is 12.7. The number of nitrogens with zero attached hydrogens (tertiary/aromatic N) is 1. The van der Waals surface area contributed by atoms with Crippen LogP contribution in [0, 0.1) is 0 Å². The average molecular weight is 426 g/mol. The Kier molecular flexibility index (Phi) is 8.72. The fraction of sp³-hybridized carbons (Fsp3) is 0.417. The van der Waals surface area contributed by atoms with E-state index >= 15 is 0 Å². The molecule has 0 radical (unpaired) electrons. The molecule has 0 spiro atoms. The van der Waals surface area contributed by atoms with Crippen LogP contribution in [0.15, 0.2) is 48.5 Å². The van der Waals surface area contributed by atoms with Gasteiger partial charge in [0.05, 0.1) is 12.2 Å². The van der Waals surface area contributed by atoms with Gasteiger partial charge in [-0.05, 0) is 56.2 Å². The topological polar surface area (TPSA) is 79.9 Å². The summed E-state index contributed by atoms with van der Waals surface area (Å²) in [6, 6.07) is 14.2. The quantitative estimate of drug-likeness (QED) is 0.598. The maximum absolute atomic E-state index is 12.7. The molecule has 3 rings (SSSR count). The smallest absolute Gasteiger partial charge is 0.321 e. The van der Waals surface area contributed by atoms with E-state index in [1.54, 1.807) is 42.5 Å². The van der Waals surface area contributed by atoms with Crippen molar-refractivity contribution in [1.82, 2.24) is 4.90 Å². The van der Waals surface area contributed by atoms with E-state index in [2.05, 4.69) is 10.6 Å². The van der Waals surface area contributed by atoms with Crippen molar-refractivity contribution in [3.63, 3.8) is 0 Å². The highest BCUT2D eigenvalue weighted by atomic mass is 16.5. The largest absolute Gasteiger partial charge is 0.490 e. The molecule has 1 heterocycles. The number of ether oxygens (including phenoxy) is 2. The van der Waals surface area contributed by atoms with Gasteiger partial charge in [-0.15, -0.1) is 0 Å². The molecule has 166 valence electrons. The number of urea groups is 1. The number of anilines is 2. The van der Waals surface area contributed by atoms with Crippen molar-refractivity contribution < 1.29 is 19.1 Å². The predicted octanol–water partition coefficient (Wildman–Crippen LogP) is 4.76. The van der Waals surface area contributed by atoms with E-state index in [1.165, 1.54) is 12.8 Å². The molecule has 0 atom stereocenters. The highest BCUT2D eigenvalue weighted by Gasteiger charge is 2.16. The van der Waals surface area contributed by atoms with Crippen molar-refractivity contribution >= 4 is 23.3 Å². The molecule has 2 aromatic carbocycles. The number of nitrogens with one attached hydrogen (secondary N) is 2. The average Bonchev–Trinajstić information content (AvgIpc) is 3.08. The zero-order chi connectivity index (χ0) is 21.9. The second-order valence-electron chi connectivity index (χ2n) is 7.40. The minimum absolute atomic E-state index is 0.0724. The molecule has 0 unspecified atom stereocenters. The van der Waals surface area contributed by atoms with Crippen LogP contribution in [-0.2, 0) is 4.74 Å². The molecule has 2 N–H and O–H groups in total. The summed E-state index contributed by atoms with van der Waals surface area (Å²) in [6.45, 7) is 4.99. The molecule has 0 aliphatic carbocycles. The van der Waals surface area contributed by atoms with E-state index < -0.39 is 0 Å². The third-order valence-corrected chi connectivity index (χ3v) is 5.11. The Hall–Kier alpha value is -3.06. The van der Waals surface area contributed by atoms with Gasteiger partial charge in [0, 0.05) is 31.1 Å². The normalized spacial score (nSPS) is 13.9. The van der Waals surface area contributed by atoms with Crippen LogP contribution in [0.25, 0.3) is 0 Å². The van der Waals surface area contributed by atoms with Crippen molar-refractivity contribution in [2.24, 2.45) is 0 Å². The van der Waals surface area contributed by atoms with Gasteiger partial charge in [-0.3, -0.25) is 4.79 Å². The lowest BCUT2D eigenvalue weighted by Crippen LogP contribution is -2.35. The van der Waals surface area contributed by atoms with Gasteiger partial charge in [-0.2, -0.15) is 0 Å². The summed E-state index contributed by atoms with van der Waals surface area (Å²) in [5.41, 5.74) is 1.80. The van der Waals surface area contributed by atoms with E-state index in [9.17, 15) is 9.59 Å². The first-order valence-corrected chi connectivity index (χ1v) is 10.9. The van der Waals surface area contributed by atoms with Crippen LogP contribution in [0.3, 0.4) is 0 Å². The number of amides is 3. The summed E-state index contributed by atoms with van der Waals surface area (Å²) < 4.78 is 11.0. The SMILES string of the molecule is CCOCCOc1ccccc1C(=O)Nc1ccc(NC(=O)N2CCCCCC2)cc1. The van der Waals surface area contributed by atoms with Gasteiger partial charge in [0.15, 0.2) is 0 Å². The number of hydrogen-bond donors (Lipinski definition) is 2. The molecule has 0 bridgehead atoms. The molecule has 2 aromatic rings. The van der Waals surface area contributed by atoms with Gasteiger partial charge in [-0.1, -0.05) is 25.0 Å². The van der Waals surface area contributed by atoms with Crippen LogP contribution in [0.5, 0.6) is 5.75 Å². The Morgan fingerprint density at radius 1 is 0.871 bits per heavy atom. The lowest BCUT2D eigenvalue weighted by Gasteiger charge is -2.20. The molecule has 7 heteroatoms. The van der Waals surface area contributed by atoms with Crippen molar-refractivity contribution in [2.75, 3.05) is 43.5 Å². The first-order chi connectivity index (χ1) is 15.2. The second kappa shape index (κ2) is 12.0. The number of likely N-dealkylation sites (tertiary alicyclic amines) is 1. The van der Waals surface area contributed by atoms with Gasteiger partial charge < -0.3 is 25.0 Å². The summed E-state index contributed by atoms with van der Waals surface area (Å²) in [6.07, 6.45) is 4.46. The molecule has 0 aromatic heterocycles. The number of carbonyl (C=O) groups is 2. The number of carbonyl (C=O) groups excluding carboxylic acids is 2. The number of para-hydroxylation sites is 1. The molecule has 3 amide bonds. The maximum Gasteiger partial charge on any atom is 0.321 e. The van der Waals surface area contributed by atoms with Gasteiger partial charge >= 0.3 is 6.03 Å². The molecule has 1 aliphatic heterocycles. The summed E-state index contributed by atoms with van der Waals surface area (Å²) in [5, 5.41) is 5.82. The molecule has 1 saturated heterocycles. The van der Waals surface area contributed by atoms with Crippen LogP contribution >= 0.6 is 0 Å². The first-order valence-electron chi connectivity index (χ1n) is 10.9. The molecule has 31 heavy (non-hydrogen) atoms. The summed E-state index contributed by atoms with van der Waals surface area (Å²) in [7, 11) is 0. The number of rotatable bonds is 8. The summed E-state index contributed by atoms with van der Waals surface area (Å²) >= 11 is 0. The molecule has 7 nitrogen and oxygen atoms in total. The highest BCUT2D eigenvalue weighted by Crippen LogP contribution is 2.21. The first kappa shape index (κ1) is 22.6. The van der Waals surface area contributed by atoms with Crippen LogP contribution in [0.4, 0.5) is 16.2 Å². The van der Waals surface area contributed by atoms with Crippen molar-refractivity contribution in [3.05, 3.63) is 54.1 Å². The standard InChI is InChI=1S/C24H31N3O4/c1-2-30-17-18-31-22-10-6-5-9-21(22)23(28)25-19-11-13-20(14-12-19)26-24(29)27-15-7-3-4-8-16-27/h5-6,9-14H,2-4,7-8,15-18H2,1H3,(H,25,28)(H,26,29). The number of hydrogen-bond acceptors (Lipinski definition) is 4. The third kappa shape index (κ3) is 7.00. The Morgan fingerprint density at radius 2 is 1.52 bits per heavy atom. The molecular formula is C24H31N3O4. The third-order valence-electron chi connectivity index (χ3n) is 5.11. The van der Waals surface area contributed by atoms with E-state index in [1.807, 2.05) is 17.9 Å². The zero-order valence-electron chi connectivity index (χ0n) is 18.1. The second-order valence-corrected chi connectivity index (χ2v) is 7.40. The highest BCUT2D eigenvalue weighted by molar-refractivity contribution is 6.06. The van der Waals surface area contributed by atoms with Gasteiger partial charge in [-0.25, -0.2) is 4.79 Å². The monoisotopic (exact) mass is 425 g/mol. The minimum atomic E-state index is -0.256. The zero-order valence-corrected chi connectivity index (χ0v) is 18.1.